The van der Waals surface area contributed by atoms with E-state index in [0.717, 1.165) is 17.8 Å². The Kier molecular flexibility index (Phi) is 6.96. The largest absolute Gasteiger partial charge is 0.744 e. The van der Waals surface area contributed by atoms with Crippen molar-refractivity contribution < 1.29 is 38.4 Å². The summed E-state index contributed by atoms with van der Waals surface area (Å²) in [7, 11) is -4.70. The first-order valence-electron chi connectivity index (χ1n) is 5.45. The molecule has 0 unspecified atom stereocenters. The maximum Gasteiger partial charge on any atom is 0.339 e. The predicted octanol–water partition coefficient (Wildman–Crippen LogP) is -0.747. The molecule has 0 aliphatic heterocycles. The van der Waals surface area contributed by atoms with Gasteiger partial charge in [0.2, 0.25) is 0 Å². The molecule has 120 valence electrons. The molecule has 0 atom stereocenters. The molecular formula is C12H14N2O7S. The van der Waals surface area contributed by atoms with Crippen molar-refractivity contribution in [3.8, 4) is 5.75 Å². The average molecular weight is 330 g/mol. The van der Waals surface area contributed by atoms with Crippen molar-refractivity contribution in [2.24, 2.45) is 0 Å². The van der Waals surface area contributed by atoms with E-state index in [-0.39, 0.29) is 5.48 Å². The molecular weight excluding hydrogens is 316 g/mol. The van der Waals surface area contributed by atoms with E-state index in [9.17, 15) is 17.8 Å². The molecule has 0 radical (unpaired) electrons. The minimum absolute atomic E-state index is 0. The Bertz CT molecular complexity index is 732. The molecule has 0 amide bonds. The van der Waals surface area contributed by atoms with Crippen LogP contribution in [0, 0.1) is 0 Å². The zero-order chi connectivity index (χ0) is 16.0. The summed E-state index contributed by atoms with van der Waals surface area (Å²) < 4.78 is 31.5. The second-order valence-electron chi connectivity index (χ2n) is 3.78. The third-order valence-corrected chi connectivity index (χ3v) is 3.05. The summed E-state index contributed by atoms with van der Waals surface area (Å²) in [6.07, 6.45) is 3.55. The van der Waals surface area contributed by atoms with Crippen LogP contribution in [0.2, 0.25) is 0 Å². The second kappa shape index (κ2) is 7.93. The highest BCUT2D eigenvalue weighted by Gasteiger charge is 2.12. The number of aromatic amines is 1. The van der Waals surface area contributed by atoms with Crippen LogP contribution in [0.1, 0.15) is 10.4 Å². The number of aromatic carboxylic acids is 1. The summed E-state index contributed by atoms with van der Waals surface area (Å²) in [5, 5.41) is 17.5. The van der Waals surface area contributed by atoms with Crippen molar-refractivity contribution in [3.63, 3.8) is 0 Å². The summed E-state index contributed by atoms with van der Waals surface area (Å²) in [6, 6.07) is 5.98. The lowest BCUT2D eigenvalue weighted by atomic mass is 10.2. The first kappa shape index (κ1) is 19.3. The highest BCUT2D eigenvalue weighted by Crippen LogP contribution is 2.20. The third kappa shape index (κ3) is 5.75. The summed E-state index contributed by atoms with van der Waals surface area (Å²) >= 11 is 0. The van der Waals surface area contributed by atoms with E-state index in [1.165, 1.54) is 0 Å². The average Bonchev–Trinajstić information content (AvgIpc) is 2.39. The van der Waals surface area contributed by atoms with E-state index in [1.807, 2.05) is 18.3 Å². The zero-order valence-electron chi connectivity index (χ0n) is 11.1. The van der Waals surface area contributed by atoms with Gasteiger partial charge in [-0.2, -0.15) is 0 Å². The van der Waals surface area contributed by atoms with Crippen LogP contribution in [0.15, 0.2) is 47.6 Å². The molecule has 1 heterocycles. The molecule has 0 saturated carbocycles. The minimum atomic E-state index is -4.70. The molecule has 2 rings (SSSR count). The van der Waals surface area contributed by atoms with Gasteiger partial charge in [-0.05, 0) is 24.3 Å². The maximum absolute atomic E-state index is 10.5. The molecule has 7 N–H and O–H groups in total. The first-order valence-corrected chi connectivity index (χ1v) is 6.86. The number of hydrogen-bond donors (Lipinski definition) is 3. The van der Waals surface area contributed by atoms with Crippen LogP contribution in [0.3, 0.4) is 0 Å². The lowest BCUT2D eigenvalue weighted by Gasteiger charge is -2.08. The van der Waals surface area contributed by atoms with Gasteiger partial charge in [0, 0.05) is 6.07 Å². The van der Waals surface area contributed by atoms with Gasteiger partial charge in [0.25, 0.3) is 0 Å². The van der Waals surface area contributed by atoms with Gasteiger partial charge in [-0.3, -0.25) is 0 Å². The van der Waals surface area contributed by atoms with E-state index in [2.05, 4.69) is 4.98 Å². The number of phenols is 1. The van der Waals surface area contributed by atoms with Gasteiger partial charge in [-0.1, -0.05) is 0 Å². The van der Waals surface area contributed by atoms with Gasteiger partial charge in [0.1, 0.15) is 21.4 Å². The number of carboxylic acid groups (broad SMARTS) is 1. The number of aromatic hydroxyl groups is 1. The van der Waals surface area contributed by atoms with Crippen molar-refractivity contribution in [1.82, 2.24) is 0 Å². The monoisotopic (exact) mass is 330 g/mol. The van der Waals surface area contributed by atoms with E-state index in [1.54, 1.807) is 6.20 Å². The molecule has 1 aromatic heterocycles. The predicted molar refractivity (Wildman–Crippen MR) is 74.1 cm³/mol. The van der Waals surface area contributed by atoms with Crippen molar-refractivity contribution in [3.05, 3.63) is 48.3 Å². The Balaban J connectivity index is 0.000000465. The smallest absolute Gasteiger partial charge is 0.339 e. The van der Waals surface area contributed by atoms with E-state index in [0.29, 0.717) is 6.07 Å². The molecule has 0 fully saturated rings. The summed E-state index contributed by atoms with van der Waals surface area (Å²) in [5.74, 6) is -2.10. The highest BCUT2D eigenvalue weighted by atomic mass is 32.2. The van der Waals surface area contributed by atoms with Crippen molar-refractivity contribution >= 4 is 21.8 Å². The Morgan fingerprint density at radius 2 is 1.91 bits per heavy atom. The topological polar surface area (TPSA) is 186 Å². The molecule has 0 spiro atoms. The van der Waals surface area contributed by atoms with Crippen molar-refractivity contribution in [2.45, 2.75) is 4.90 Å². The fourth-order valence-corrected chi connectivity index (χ4v) is 1.75. The number of nitrogens with two attached hydrogens (primary N) is 1. The Morgan fingerprint density at radius 1 is 1.27 bits per heavy atom. The number of nitrogens with one attached hydrogen (secondary N) is 1. The van der Waals surface area contributed by atoms with Gasteiger partial charge in [0.05, 0.1) is 10.6 Å². The van der Waals surface area contributed by atoms with Crippen LogP contribution >= 0.6 is 0 Å². The molecule has 0 saturated heterocycles. The molecule has 9 nitrogen and oxygen atoms in total. The van der Waals surface area contributed by atoms with Crippen molar-refractivity contribution in [2.75, 3.05) is 5.73 Å². The molecule has 0 aliphatic carbocycles. The number of hydrogen-bond acceptors (Lipinski definition) is 6. The number of H-pyrrole nitrogens is 1. The number of carbonyl (C=O) groups is 1. The molecule has 10 heteroatoms. The maximum atomic E-state index is 10.5. The third-order valence-electron chi connectivity index (χ3n) is 2.22. The normalized spacial score (nSPS) is 9.86. The fourth-order valence-electron chi connectivity index (χ4n) is 1.25. The van der Waals surface area contributed by atoms with Crippen LogP contribution in [0.25, 0.3) is 0 Å². The minimum Gasteiger partial charge on any atom is -0.744 e. The SMILES string of the molecule is Nc1ccc[nH+]c1.O.O=C(O)c1cc(S(=O)(=O)[O-])ccc1O. The van der Waals surface area contributed by atoms with E-state index < -0.39 is 32.3 Å². The number of benzene rings is 1. The number of aromatic nitrogens is 1. The first-order chi connectivity index (χ1) is 9.71. The summed E-state index contributed by atoms with van der Waals surface area (Å²) in [6.45, 7) is 0. The Hall–Kier alpha value is -2.69. The summed E-state index contributed by atoms with van der Waals surface area (Å²) in [5.41, 5.74) is 5.47. The molecule has 0 bridgehead atoms. The number of rotatable bonds is 2. The summed E-state index contributed by atoms with van der Waals surface area (Å²) in [4.78, 5) is 12.6. The number of nitrogen functional groups attached to an aromatic ring is 1. The fraction of sp³-hybridized carbons (Fsp3) is 0. The van der Waals surface area contributed by atoms with Crippen LogP contribution in [0.4, 0.5) is 5.69 Å². The number of pyridine rings is 1. The molecule has 0 aliphatic rings. The highest BCUT2D eigenvalue weighted by molar-refractivity contribution is 7.85. The zero-order valence-corrected chi connectivity index (χ0v) is 11.9. The van der Waals surface area contributed by atoms with E-state index in [4.69, 9.17) is 15.9 Å². The lowest BCUT2D eigenvalue weighted by Crippen LogP contribution is -2.02. The van der Waals surface area contributed by atoms with Gasteiger partial charge >= 0.3 is 5.97 Å². The van der Waals surface area contributed by atoms with Gasteiger partial charge in [-0.15, -0.1) is 0 Å². The van der Waals surface area contributed by atoms with Crippen molar-refractivity contribution in [1.29, 1.82) is 0 Å². The molecule has 1 aromatic carbocycles. The standard InChI is InChI=1S/C7H6O6S.C5H6N2.H2O/c8-6-2-1-4(14(11,12)13)3-5(6)7(9)10;6-5-2-1-3-7-4-5;/h1-3,8H,(H,9,10)(H,11,12,13);1-4H,6H2;1H2. The second-order valence-corrected chi connectivity index (χ2v) is 5.15. The Labute approximate surface area is 125 Å². The Morgan fingerprint density at radius 3 is 2.27 bits per heavy atom. The van der Waals surface area contributed by atoms with Gasteiger partial charge < -0.3 is 26.0 Å². The van der Waals surface area contributed by atoms with Gasteiger partial charge in [-0.25, -0.2) is 18.2 Å². The van der Waals surface area contributed by atoms with Crippen LogP contribution in [-0.2, 0) is 10.1 Å². The quantitative estimate of drug-likeness (QED) is 0.604. The molecule has 2 aromatic rings. The number of carboxylic acids is 1. The van der Waals surface area contributed by atoms with Gasteiger partial charge in [0.15, 0.2) is 12.4 Å². The lowest BCUT2D eigenvalue weighted by molar-refractivity contribution is -0.376. The van der Waals surface area contributed by atoms with Crippen LogP contribution < -0.4 is 10.7 Å². The van der Waals surface area contributed by atoms with Crippen LogP contribution in [-0.4, -0.2) is 34.6 Å². The molecule has 22 heavy (non-hydrogen) atoms. The van der Waals surface area contributed by atoms with Crippen LogP contribution in [0.5, 0.6) is 5.75 Å². The number of anilines is 1. The van der Waals surface area contributed by atoms with E-state index >= 15 is 0 Å².